The van der Waals surface area contributed by atoms with E-state index in [0.29, 0.717) is 12.2 Å². The quantitative estimate of drug-likeness (QED) is 0.666. The van der Waals surface area contributed by atoms with Gasteiger partial charge in [-0.25, -0.2) is 16.8 Å². The van der Waals surface area contributed by atoms with Crippen LogP contribution in [0.3, 0.4) is 0 Å². The number of anilines is 1. The highest BCUT2D eigenvalue weighted by Crippen LogP contribution is 2.26. The molecule has 8 heteroatoms. The van der Waals surface area contributed by atoms with Crippen molar-refractivity contribution >= 4 is 25.4 Å². The monoisotopic (exact) mass is 424 g/mol. The molecule has 28 heavy (non-hydrogen) atoms. The highest BCUT2D eigenvalue weighted by Gasteiger charge is 2.18. The second-order valence-electron chi connectivity index (χ2n) is 6.79. The third-order valence-corrected chi connectivity index (χ3v) is 6.90. The van der Waals surface area contributed by atoms with Gasteiger partial charge in [-0.1, -0.05) is 38.1 Å². The third kappa shape index (κ3) is 5.80. The van der Waals surface area contributed by atoms with Crippen LogP contribution in [0.4, 0.5) is 5.69 Å². The van der Waals surface area contributed by atoms with Crippen LogP contribution in [0.25, 0.3) is 0 Å². The van der Waals surface area contributed by atoms with E-state index in [4.69, 9.17) is 0 Å². The molecule has 2 rings (SSSR count). The highest BCUT2D eigenvalue weighted by atomic mass is 32.2. The second-order valence-corrected chi connectivity index (χ2v) is 10.8. The van der Waals surface area contributed by atoms with Gasteiger partial charge in [-0.3, -0.25) is 4.90 Å². The van der Waals surface area contributed by atoms with Gasteiger partial charge in [-0.05, 0) is 42.4 Å². The molecule has 0 fully saturated rings. The van der Waals surface area contributed by atoms with Gasteiger partial charge in [0, 0.05) is 25.6 Å². The van der Waals surface area contributed by atoms with Crippen molar-refractivity contribution in [2.45, 2.75) is 36.7 Å². The lowest BCUT2D eigenvalue weighted by atomic mass is 10.1. The maximum Gasteiger partial charge on any atom is 0.177 e. The highest BCUT2D eigenvalue weighted by molar-refractivity contribution is 7.91. The lowest BCUT2D eigenvalue weighted by molar-refractivity contribution is 0.295. The first kappa shape index (κ1) is 22.4. The molecular weight excluding hydrogens is 396 g/mol. The molecule has 0 spiro atoms. The van der Waals surface area contributed by atoms with Gasteiger partial charge in [0.1, 0.15) is 0 Å². The average Bonchev–Trinajstić information content (AvgIpc) is 2.63. The Morgan fingerprint density at radius 1 is 0.857 bits per heavy atom. The van der Waals surface area contributed by atoms with Gasteiger partial charge in [0.2, 0.25) is 0 Å². The molecule has 0 saturated heterocycles. The first-order valence-electron chi connectivity index (χ1n) is 9.13. The summed E-state index contributed by atoms with van der Waals surface area (Å²) < 4.78 is 48.0. The van der Waals surface area contributed by atoms with Crippen LogP contribution in [0.15, 0.2) is 52.3 Å². The van der Waals surface area contributed by atoms with Crippen LogP contribution < -0.4 is 5.32 Å². The van der Waals surface area contributed by atoms with Crippen molar-refractivity contribution in [2.24, 2.45) is 0 Å². The smallest absolute Gasteiger partial charge is 0.177 e. The summed E-state index contributed by atoms with van der Waals surface area (Å²) >= 11 is 0. The Morgan fingerprint density at radius 2 is 1.46 bits per heavy atom. The molecule has 0 radical (unpaired) electrons. The second kappa shape index (κ2) is 9.07. The maximum atomic E-state index is 12.2. The molecule has 0 aliphatic rings. The minimum absolute atomic E-state index is 0.0135. The SMILES string of the molecule is CCN(CC)Cc1ccccc1CNc1ccc(S(C)(=O)=O)cc1S(C)(=O)=O. The molecule has 0 unspecified atom stereocenters. The van der Waals surface area contributed by atoms with E-state index in [9.17, 15) is 16.8 Å². The predicted octanol–water partition coefficient (Wildman–Crippen LogP) is 2.95. The van der Waals surface area contributed by atoms with E-state index >= 15 is 0 Å². The van der Waals surface area contributed by atoms with Crippen LogP contribution >= 0.6 is 0 Å². The van der Waals surface area contributed by atoms with Crippen LogP contribution in [-0.4, -0.2) is 47.3 Å². The van der Waals surface area contributed by atoms with Gasteiger partial charge in [0.15, 0.2) is 19.7 Å². The van der Waals surface area contributed by atoms with Crippen molar-refractivity contribution in [1.82, 2.24) is 4.90 Å². The Balaban J connectivity index is 2.33. The van der Waals surface area contributed by atoms with E-state index in [1.54, 1.807) is 0 Å². The summed E-state index contributed by atoms with van der Waals surface area (Å²) in [4.78, 5) is 2.28. The van der Waals surface area contributed by atoms with Crippen molar-refractivity contribution in [2.75, 3.05) is 30.9 Å². The lowest BCUT2D eigenvalue weighted by Crippen LogP contribution is -2.23. The number of hydrogen-bond acceptors (Lipinski definition) is 6. The molecule has 6 nitrogen and oxygen atoms in total. The Morgan fingerprint density at radius 3 is 2.00 bits per heavy atom. The Labute approximate surface area is 168 Å². The molecule has 154 valence electrons. The van der Waals surface area contributed by atoms with E-state index in [-0.39, 0.29) is 9.79 Å². The number of sulfone groups is 2. The van der Waals surface area contributed by atoms with Gasteiger partial charge in [0.25, 0.3) is 0 Å². The first-order chi connectivity index (χ1) is 13.1. The summed E-state index contributed by atoms with van der Waals surface area (Å²) in [7, 11) is -7.09. The van der Waals surface area contributed by atoms with Crippen molar-refractivity contribution < 1.29 is 16.8 Å². The zero-order valence-corrected chi connectivity index (χ0v) is 18.4. The number of hydrogen-bond donors (Lipinski definition) is 1. The standard InChI is InChI=1S/C20H28N2O4S2/c1-5-22(6-2)15-17-10-8-7-9-16(17)14-21-19-12-11-18(27(3,23)24)13-20(19)28(4,25)26/h7-13,21H,5-6,14-15H2,1-4H3. The maximum absolute atomic E-state index is 12.2. The van der Waals surface area contributed by atoms with Gasteiger partial charge in [0.05, 0.1) is 15.5 Å². The van der Waals surface area contributed by atoms with Gasteiger partial charge < -0.3 is 5.32 Å². The Kier molecular flexibility index (Phi) is 7.25. The average molecular weight is 425 g/mol. The van der Waals surface area contributed by atoms with E-state index in [0.717, 1.165) is 37.7 Å². The summed E-state index contributed by atoms with van der Waals surface area (Å²) in [6, 6.07) is 12.2. The molecule has 0 amide bonds. The zero-order valence-electron chi connectivity index (χ0n) is 16.8. The van der Waals surface area contributed by atoms with Gasteiger partial charge in [-0.15, -0.1) is 0 Å². The molecule has 0 atom stereocenters. The van der Waals surface area contributed by atoms with Crippen molar-refractivity contribution in [3.8, 4) is 0 Å². The van der Waals surface area contributed by atoms with E-state index in [1.807, 2.05) is 18.2 Å². The largest absolute Gasteiger partial charge is 0.380 e. The number of nitrogens with one attached hydrogen (secondary N) is 1. The van der Waals surface area contributed by atoms with E-state index in [1.165, 1.54) is 23.8 Å². The minimum Gasteiger partial charge on any atom is -0.380 e. The summed E-state index contributed by atoms with van der Waals surface area (Å²) in [6.45, 7) is 7.39. The number of rotatable bonds is 9. The molecule has 1 N–H and O–H groups in total. The Hall–Kier alpha value is -1.90. The summed E-state index contributed by atoms with van der Waals surface area (Å²) in [6.07, 6.45) is 2.14. The van der Waals surface area contributed by atoms with Crippen molar-refractivity contribution in [3.63, 3.8) is 0 Å². The van der Waals surface area contributed by atoms with Crippen molar-refractivity contribution in [3.05, 3.63) is 53.6 Å². The van der Waals surface area contributed by atoms with Gasteiger partial charge >= 0.3 is 0 Å². The van der Waals surface area contributed by atoms with Crippen LogP contribution in [0.2, 0.25) is 0 Å². The fraction of sp³-hybridized carbons (Fsp3) is 0.400. The summed E-state index contributed by atoms with van der Waals surface area (Å²) in [5.41, 5.74) is 2.64. The molecule has 0 bridgehead atoms. The third-order valence-electron chi connectivity index (χ3n) is 4.66. The minimum atomic E-state index is -3.59. The predicted molar refractivity (Wildman–Crippen MR) is 113 cm³/mol. The van der Waals surface area contributed by atoms with Gasteiger partial charge in [-0.2, -0.15) is 0 Å². The van der Waals surface area contributed by atoms with Crippen LogP contribution in [-0.2, 0) is 32.8 Å². The first-order valence-corrected chi connectivity index (χ1v) is 12.9. The van der Waals surface area contributed by atoms with Crippen LogP contribution in [0.5, 0.6) is 0 Å². The molecule has 0 heterocycles. The topological polar surface area (TPSA) is 83.6 Å². The number of benzene rings is 2. The molecule has 0 aliphatic heterocycles. The lowest BCUT2D eigenvalue weighted by Gasteiger charge is -2.21. The Bertz CT molecular complexity index is 1030. The van der Waals surface area contributed by atoms with Crippen molar-refractivity contribution in [1.29, 1.82) is 0 Å². The molecule has 0 saturated carbocycles. The summed E-state index contributed by atoms with van der Waals surface area (Å²) in [5.74, 6) is 0. The van der Waals surface area contributed by atoms with Crippen LogP contribution in [0, 0.1) is 0 Å². The zero-order chi connectivity index (χ0) is 20.9. The fourth-order valence-corrected chi connectivity index (χ4v) is 4.55. The fourth-order valence-electron chi connectivity index (χ4n) is 2.95. The molecule has 2 aromatic carbocycles. The van der Waals surface area contributed by atoms with E-state index < -0.39 is 19.7 Å². The normalized spacial score (nSPS) is 12.3. The molecule has 0 aliphatic carbocycles. The summed E-state index contributed by atoms with van der Waals surface area (Å²) in [5, 5.41) is 3.17. The molecule has 2 aromatic rings. The van der Waals surface area contributed by atoms with Crippen LogP contribution in [0.1, 0.15) is 25.0 Å². The molecular formula is C20H28N2O4S2. The molecule has 0 aromatic heterocycles. The van der Waals surface area contributed by atoms with E-state index in [2.05, 4.69) is 30.1 Å². The number of nitrogens with zero attached hydrogens (tertiary/aromatic N) is 1.